The largest absolute Gasteiger partial charge is 0.299 e. The maximum absolute atomic E-state index is 11.9. The molecule has 1 aliphatic rings. The van der Waals surface area contributed by atoms with Crippen molar-refractivity contribution in [1.29, 1.82) is 0 Å². The van der Waals surface area contributed by atoms with E-state index in [4.69, 9.17) is 0 Å². The molecular weight excluding hydrogens is 208 g/mol. The second kappa shape index (κ2) is 6.00. The molecule has 1 fully saturated rings. The molecule has 0 N–H and O–H groups in total. The van der Waals surface area contributed by atoms with Crippen molar-refractivity contribution in [2.75, 3.05) is 0 Å². The number of aryl methyl sites for hydroxylation is 1. The maximum Gasteiger partial charge on any atom is 0.137 e. The molecule has 1 nitrogen and oxygen atoms in total. The van der Waals surface area contributed by atoms with Crippen LogP contribution in [0.1, 0.15) is 49.7 Å². The van der Waals surface area contributed by atoms with Crippen LogP contribution < -0.4 is 0 Å². The van der Waals surface area contributed by atoms with Crippen LogP contribution in [0.2, 0.25) is 0 Å². The first-order valence-corrected chi connectivity index (χ1v) is 6.82. The molecule has 1 aromatic rings. The lowest BCUT2D eigenvalue weighted by Crippen LogP contribution is -2.06. The number of rotatable bonds is 5. The summed E-state index contributed by atoms with van der Waals surface area (Å²) in [5.74, 6) is 1.24. The second-order valence-electron chi connectivity index (χ2n) is 5.33. The first-order chi connectivity index (χ1) is 8.25. The zero-order chi connectivity index (χ0) is 12.1. The van der Waals surface area contributed by atoms with Gasteiger partial charge in [-0.25, -0.2) is 0 Å². The average Bonchev–Trinajstić information content (AvgIpc) is 2.82. The van der Waals surface area contributed by atoms with Gasteiger partial charge in [0.2, 0.25) is 0 Å². The van der Waals surface area contributed by atoms with Gasteiger partial charge in [-0.3, -0.25) is 4.79 Å². The van der Waals surface area contributed by atoms with Crippen molar-refractivity contribution in [2.45, 2.75) is 51.9 Å². The molecule has 0 unspecified atom stereocenters. The molecule has 17 heavy (non-hydrogen) atoms. The van der Waals surface area contributed by atoms with Crippen molar-refractivity contribution in [3.8, 4) is 0 Å². The van der Waals surface area contributed by atoms with E-state index in [0.717, 1.165) is 18.8 Å². The smallest absolute Gasteiger partial charge is 0.137 e. The Morgan fingerprint density at radius 1 is 1.24 bits per heavy atom. The molecule has 0 spiro atoms. The van der Waals surface area contributed by atoms with Gasteiger partial charge in [0.15, 0.2) is 0 Å². The van der Waals surface area contributed by atoms with Crippen molar-refractivity contribution in [3.05, 3.63) is 35.4 Å². The number of benzene rings is 1. The van der Waals surface area contributed by atoms with Crippen molar-refractivity contribution >= 4 is 5.78 Å². The molecule has 0 saturated heterocycles. The fourth-order valence-electron chi connectivity index (χ4n) is 2.77. The van der Waals surface area contributed by atoms with E-state index in [1.807, 2.05) is 12.1 Å². The second-order valence-corrected chi connectivity index (χ2v) is 5.33. The SMILES string of the molecule is Cc1ccccc1CC(=O)CCC1CCCC1. The Kier molecular flexibility index (Phi) is 4.36. The highest BCUT2D eigenvalue weighted by atomic mass is 16.1. The Balaban J connectivity index is 1.79. The number of carbonyl (C=O) groups is 1. The van der Waals surface area contributed by atoms with Crippen LogP contribution in [0.3, 0.4) is 0 Å². The Hall–Kier alpha value is -1.11. The number of Topliss-reactive ketones (excluding diaryl/α,β-unsaturated/α-hetero) is 1. The van der Waals surface area contributed by atoms with Gasteiger partial charge in [0.25, 0.3) is 0 Å². The summed E-state index contributed by atoms with van der Waals surface area (Å²) in [6.45, 7) is 2.08. The lowest BCUT2D eigenvalue weighted by atomic mass is 9.96. The van der Waals surface area contributed by atoms with E-state index in [-0.39, 0.29) is 0 Å². The van der Waals surface area contributed by atoms with Crippen LogP contribution in [-0.4, -0.2) is 5.78 Å². The molecule has 1 heteroatoms. The monoisotopic (exact) mass is 230 g/mol. The summed E-state index contributed by atoms with van der Waals surface area (Å²) in [6, 6.07) is 8.21. The van der Waals surface area contributed by atoms with Gasteiger partial charge in [-0.15, -0.1) is 0 Å². The highest BCUT2D eigenvalue weighted by Gasteiger charge is 2.16. The van der Waals surface area contributed by atoms with Crippen molar-refractivity contribution < 1.29 is 4.79 Å². The average molecular weight is 230 g/mol. The minimum atomic E-state index is 0.409. The minimum absolute atomic E-state index is 0.409. The minimum Gasteiger partial charge on any atom is -0.299 e. The molecule has 0 radical (unpaired) electrons. The Bertz CT molecular complexity index is 375. The van der Waals surface area contributed by atoms with E-state index >= 15 is 0 Å². The highest BCUT2D eigenvalue weighted by Crippen LogP contribution is 2.28. The van der Waals surface area contributed by atoms with E-state index < -0.39 is 0 Å². The fourth-order valence-corrected chi connectivity index (χ4v) is 2.77. The van der Waals surface area contributed by atoms with Gasteiger partial charge in [-0.2, -0.15) is 0 Å². The van der Waals surface area contributed by atoms with Crippen LogP contribution in [0.5, 0.6) is 0 Å². The van der Waals surface area contributed by atoms with E-state index in [2.05, 4.69) is 19.1 Å². The summed E-state index contributed by atoms with van der Waals surface area (Å²) in [5.41, 5.74) is 2.44. The molecule has 1 aromatic carbocycles. The quantitative estimate of drug-likeness (QED) is 0.745. The van der Waals surface area contributed by atoms with E-state index in [9.17, 15) is 4.79 Å². The van der Waals surface area contributed by atoms with Gasteiger partial charge in [0.1, 0.15) is 5.78 Å². The van der Waals surface area contributed by atoms with Crippen LogP contribution in [0, 0.1) is 12.8 Å². The number of ketones is 1. The lowest BCUT2D eigenvalue weighted by Gasteiger charge is -2.08. The summed E-state index contributed by atoms with van der Waals surface area (Å²) >= 11 is 0. The van der Waals surface area contributed by atoms with Gasteiger partial charge >= 0.3 is 0 Å². The van der Waals surface area contributed by atoms with Gasteiger partial charge in [0, 0.05) is 12.8 Å². The summed E-state index contributed by atoms with van der Waals surface area (Å²) in [7, 11) is 0. The number of carbonyl (C=O) groups excluding carboxylic acids is 1. The maximum atomic E-state index is 11.9. The molecule has 0 bridgehead atoms. The molecule has 0 aliphatic heterocycles. The Morgan fingerprint density at radius 2 is 1.94 bits per heavy atom. The number of hydrogen-bond donors (Lipinski definition) is 0. The summed E-state index contributed by atoms with van der Waals surface area (Å²) in [6.07, 6.45) is 7.95. The molecule has 1 aliphatic carbocycles. The topological polar surface area (TPSA) is 17.1 Å². The van der Waals surface area contributed by atoms with Crippen LogP contribution in [-0.2, 0) is 11.2 Å². The predicted molar refractivity (Wildman–Crippen MR) is 71.1 cm³/mol. The van der Waals surface area contributed by atoms with Crippen molar-refractivity contribution in [2.24, 2.45) is 5.92 Å². The van der Waals surface area contributed by atoms with Crippen LogP contribution in [0.25, 0.3) is 0 Å². The molecule has 0 heterocycles. The Morgan fingerprint density at radius 3 is 2.65 bits per heavy atom. The molecule has 0 aromatic heterocycles. The van der Waals surface area contributed by atoms with Crippen molar-refractivity contribution in [3.63, 3.8) is 0 Å². The zero-order valence-corrected chi connectivity index (χ0v) is 10.7. The molecular formula is C16H22O. The van der Waals surface area contributed by atoms with E-state index in [1.54, 1.807) is 0 Å². The third kappa shape index (κ3) is 3.69. The van der Waals surface area contributed by atoms with Crippen LogP contribution >= 0.6 is 0 Å². The first-order valence-electron chi connectivity index (χ1n) is 6.82. The number of hydrogen-bond acceptors (Lipinski definition) is 1. The Labute approximate surface area is 104 Å². The van der Waals surface area contributed by atoms with Gasteiger partial charge in [-0.1, -0.05) is 49.9 Å². The molecule has 92 valence electrons. The predicted octanol–water partition coefficient (Wildman–Crippen LogP) is 4.08. The van der Waals surface area contributed by atoms with E-state index in [0.29, 0.717) is 12.2 Å². The summed E-state index contributed by atoms with van der Waals surface area (Å²) in [4.78, 5) is 11.9. The normalized spacial score (nSPS) is 16.3. The third-order valence-corrected chi connectivity index (χ3v) is 3.96. The lowest BCUT2D eigenvalue weighted by molar-refractivity contribution is -0.118. The van der Waals surface area contributed by atoms with Gasteiger partial charge in [0.05, 0.1) is 0 Å². The summed E-state index contributed by atoms with van der Waals surface area (Å²) in [5, 5.41) is 0. The molecule has 1 saturated carbocycles. The standard InChI is InChI=1S/C16H22O/c1-13-6-2-5-9-15(13)12-16(17)11-10-14-7-3-4-8-14/h2,5-6,9,14H,3-4,7-8,10-12H2,1H3. The van der Waals surface area contributed by atoms with E-state index in [1.165, 1.54) is 36.8 Å². The van der Waals surface area contributed by atoms with Crippen LogP contribution in [0.15, 0.2) is 24.3 Å². The molecule has 2 rings (SSSR count). The first kappa shape index (κ1) is 12.3. The molecule has 0 amide bonds. The van der Waals surface area contributed by atoms with Crippen LogP contribution in [0.4, 0.5) is 0 Å². The molecule has 0 atom stereocenters. The van der Waals surface area contributed by atoms with Crippen molar-refractivity contribution in [1.82, 2.24) is 0 Å². The van der Waals surface area contributed by atoms with Gasteiger partial charge < -0.3 is 0 Å². The zero-order valence-electron chi connectivity index (χ0n) is 10.7. The van der Waals surface area contributed by atoms with Gasteiger partial charge in [-0.05, 0) is 30.4 Å². The fraction of sp³-hybridized carbons (Fsp3) is 0.562. The summed E-state index contributed by atoms with van der Waals surface area (Å²) < 4.78 is 0. The highest BCUT2D eigenvalue weighted by molar-refractivity contribution is 5.81. The third-order valence-electron chi connectivity index (χ3n) is 3.96.